The minimum atomic E-state index is -1.66. The summed E-state index contributed by atoms with van der Waals surface area (Å²) >= 11 is 0.832. The largest absolute Gasteiger partial charge is 0.497 e. The van der Waals surface area contributed by atoms with Crippen molar-refractivity contribution < 1.29 is 32.5 Å². The van der Waals surface area contributed by atoms with Crippen LogP contribution in [0.2, 0.25) is 0 Å². The van der Waals surface area contributed by atoms with Crippen molar-refractivity contribution in [2.45, 2.75) is 36.7 Å². The highest BCUT2D eigenvalue weighted by molar-refractivity contribution is 7.99. The van der Waals surface area contributed by atoms with E-state index < -0.39 is 34.3 Å². The summed E-state index contributed by atoms with van der Waals surface area (Å²) in [6.07, 6.45) is 3.80. The minimum Gasteiger partial charge on any atom is -0.497 e. The van der Waals surface area contributed by atoms with Crippen molar-refractivity contribution >= 4 is 22.7 Å². The van der Waals surface area contributed by atoms with Gasteiger partial charge in [0, 0.05) is 30.8 Å². The standard InChI is InChI=1S/C28H32F4N2O3S/c1-37-19-4-5-24-21(13-19)20(7-9-33-24)25(36)6-3-17-8-11-34(15-18(17)16-35)10-2-12-38-28-23(30)14-22(29)26(31)27(28)32/h4-5,7,9,13-14,17-18,25,35-36H,2-3,6,8,10-12,15-16H2,1H3/t17-,18-,25-/m1/s1. The zero-order chi connectivity index (χ0) is 27.2. The Morgan fingerprint density at radius 1 is 1.11 bits per heavy atom. The highest BCUT2D eigenvalue weighted by atomic mass is 32.2. The van der Waals surface area contributed by atoms with Crippen LogP contribution in [0.3, 0.4) is 0 Å². The lowest BCUT2D eigenvalue weighted by molar-refractivity contribution is 0.0581. The molecule has 38 heavy (non-hydrogen) atoms. The molecule has 1 aliphatic rings. The molecular formula is C28H32F4N2O3S. The molecule has 0 radical (unpaired) electrons. The fourth-order valence-corrected chi connectivity index (χ4v) is 6.07. The number of aromatic nitrogens is 1. The van der Waals surface area contributed by atoms with Gasteiger partial charge >= 0.3 is 0 Å². The Kier molecular flexibility index (Phi) is 9.86. The second-order valence-corrected chi connectivity index (χ2v) is 10.8. The molecule has 5 nitrogen and oxygen atoms in total. The van der Waals surface area contributed by atoms with Crippen LogP contribution in [0.15, 0.2) is 41.4 Å². The van der Waals surface area contributed by atoms with Crippen LogP contribution in [0.1, 0.15) is 37.4 Å². The van der Waals surface area contributed by atoms with Gasteiger partial charge in [0.2, 0.25) is 0 Å². The number of hydrogen-bond acceptors (Lipinski definition) is 6. The predicted octanol–water partition coefficient (Wildman–Crippen LogP) is 5.73. The van der Waals surface area contributed by atoms with Gasteiger partial charge in [-0.05, 0) is 86.2 Å². The number of nitrogens with zero attached hydrogens (tertiary/aromatic N) is 2. The van der Waals surface area contributed by atoms with E-state index >= 15 is 0 Å². The van der Waals surface area contributed by atoms with Crippen LogP contribution in [0, 0.1) is 35.1 Å². The number of pyridine rings is 1. The van der Waals surface area contributed by atoms with E-state index in [1.807, 2.05) is 24.3 Å². The number of methoxy groups -OCH3 is 1. The van der Waals surface area contributed by atoms with Crippen molar-refractivity contribution in [1.82, 2.24) is 9.88 Å². The van der Waals surface area contributed by atoms with Gasteiger partial charge < -0.3 is 19.8 Å². The van der Waals surface area contributed by atoms with Crippen LogP contribution in [0.4, 0.5) is 17.6 Å². The molecule has 0 amide bonds. The first-order valence-electron chi connectivity index (χ1n) is 12.7. The number of likely N-dealkylation sites (tertiary alicyclic amines) is 1. The van der Waals surface area contributed by atoms with Crippen LogP contribution < -0.4 is 4.74 Å². The molecule has 1 aromatic heterocycles. The molecular weight excluding hydrogens is 520 g/mol. The predicted molar refractivity (Wildman–Crippen MR) is 139 cm³/mol. The van der Waals surface area contributed by atoms with E-state index in [2.05, 4.69) is 9.88 Å². The lowest BCUT2D eigenvalue weighted by atomic mass is 9.81. The summed E-state index contributed by atoms with van der Waals surface area (Å²) in [7, 11) is 1.60. The smallest absolute Gasteiger partial charge is 0.195 e. The van der Waals surface area contributed by atoms with Crippen molar-refractivity contribution in [3.8, 4) is 5.75 Å². The van der Waals surface area contributed by atoms with Gasteiger partial charge in [0.1, 0.15) is 11.6 Å². The number of fused-ring (bicyclic) bond motifs is 1. The summed E-state index contributed by atoms with van der Waals surface area (Å²) in [5, 5.41) is 21.9. The molecule has 1 saturated heterocycles. The van der Waals surface area contributed by atoms with Crippen LogP contribution >= 0.6 is 11.8 Å². The average molecular weight is 553 g/mol. The summed E-state index contributed by atoms with van der Waals surface area (Å²) < 4.78 is 59.5. The number of ether oxygens (including phenoxy) is 1. The molecule has 2 aromatic carbocycles. The first-order valence-corrected chi connectivity index (χ1v) is 13.7. The van der Waals surface area contributed by atoms with Crippen molar-refractivity contribution in [2.24, 2.45) is 11.8 Å². The van der Waals surface area contributed by atoms with Gasteiger partial charge in [-0.2, -0.15) is 0 Å². The molecule has 0 spiro atoms. The number of thioether (sulfide) groups is 1. The topological polar surface area (TPSA) is 65.8 Å². The van der Waals surface area contributed by atoms with E-state index in [4.69, 9.17) is 4.74 Å². The minimum absolute atomic E-state index is 0.0344. The van der Waals surface area contributed by atoms with Crippen molar-refractivity contribution in [3.63, 3.8) is 0 Å². The number of aliphatic hydroxyl groups is 2. The summed E-state index contributed by atoms with van der Waals surface area (Å²) in [4.78, 5) is 6.07. The van der Waals surface area contributed by atoms with E-state index in [1.54, 1.807) is 13.3 Å². The first-order chi connectivity index (χ1) is 18.3. The lowest BCUT2D eigenvalue weighted by Gasteiger charge is -2.38. The Morgan fingerprint density at radius 2 is 1.92 bits per heavy atom. The summed E-state index contributed by atoms with van der Waals surface area (Å²) in [6, 6.07) is 7.77. The van der Waals surface area contributed by atoms with Gasteiger partial charge in [-0.1, -0.05) is 0 Å². The van der Waals surface area contributed by atoms with Crippen LogP contribution in [-0.2, 0) is 0 Å². The molecule has 0 unspecified atom stereocenters. The van der Waals surface area contributed by atoms with Gasteiger partial charge in [0.05, 0.1) is 23.6 Å². The normalized spacial score (nSPS) is 19.1. The monoisotopic (exact) mass is 552 g/mol. The highest BCUT2D eigenvalue weighted by Crippen LogP contribution is 2.34. The fourth-order valence-electron chi connectivity index (χ4n) is 5.18. The Morgan fingerprint density at radius 3 is 2.68 bits per heavy atom. The molecule has 4 rings (SSSR count). The maximum atomic E-state index is 13.9. The maximum absolute atomic E-state index is 13.9. The number of benzene rings is 2. The number of aliphatic hydroxyl groups excluding tert-OH is 2. The van der Waals surface area contributed by atoms with Gasteiger partial charge in [0.25, 0.3) is 0 Å². The maximum Gasteiger partial charge on any atom is 0.195 e. The second-order valence-electron chi connectivity index (χ2n) is 9.67. The Labute approximate surface area is 223 Å². The molecule has 1 aliphatic heterocycles. The quantitative estimate of drug-likeness (QED) is 0.104. The van der Waals surface area contributed by atoms with Crippen molar-refractivity contribution in [1.29, 1.82) is 0 Å². The summed E-state index contributed by atoms with van der Waals surface area (Å²) in [5.74, 6) is -4.44. The van der Waals surface area contributed by atoms with Crippen LogP contribution in [-0.4, -0.2) is 59.2 Å². The highest BCUT2D eigenvalue weighted by Gasteiger charge is 2.29. The van der Waals surface area contributed by atoms with Gasteiger partial charge in [0.15, 0.2) is 17.5 Å². The van der Waals surface area contributed by atoms with E-state index in [0.717, 1.165) is 47.6 Å². The third-order valence-corrected chi connectivity index (χ3v) is 8.46. The molecule has 206 valence electrons. The van der Waals surface area contributed by atoms with Crippen LogP contribution in [0.5, 0.6) is 5.75 Å². The average Bonchev–Trinajstić information content (AvgIpc) is 2.93. The lowest BCUT2D eigenvalue weighted by Crippen LogP contribution is -2.42. The van der Waals surface area contributed by atoms with Crippen molar-refractivity contribution in [3.05, 3.63) is 65.4 Å². The first kappa shape index (κ1) is 28.6. The van der Waals surface area contributed by atoms with Gasteiger partial charge in [-0.15, -0.1) is 11.8 Å². The zero-order valence-corrected chi connectivity index (χ0v) is 22.0. The zero-order valence-electron chi connectivity index (χ0n) is 21.2. The number of rotatable bonds is 11. The fraction of sp³-hybridized carbons (Fsp3) is 0.464. The Bertz CT molecular complexity index is 1250. The summed E-state index contributed by atoms with van der Waals surface area (Å²) in [6.45, 7) is 2.19. The molecule has 3 atom stereocenters. The SMILES string of the molecule is COc1ccc2nccc([C@H](O)CC[C@@H]3CCN(CCCSc4c(F)cc(F)c(F)c4F)C[C@@H]3CO)c2c1. The molecule has 0 aliphatic carbocycles. The number of hydrogen-bond donors (Lipinski definition) is 2. The van der Waals surface area contributed by atoms with E-state index in [-0.39, 0.29) is 18.4 Å². The second kappa shape index (κ2) is 13.1. The third kappa shape index (κ3) is 6.59. The molecule has 3 aromatic rings. The Hall–Kier alpha value is -2.40. The van der Waals surface area contributed by atoms with Gasteiger partial charge in [-0.3, -0.25) is 4.98 Å². The van der Waals surface area contributed by atoms with Crippen LogP contribution in [0.25, 0.3) is 10.9 Å². The molecule has 0 saturated carbocycles. The van der Waals surface area contributed by atoms with Gasteiger partial charge in [-0.25, -0.2) is 17.6 Å². The molecule has 10 heteroatoms. The molecule has 1 fully saturated rings. The Balaban J connectivity index is 1.27. The summed E-state index contributed by atoms with van der Waals surface area (Å²) in [5.41, 5.74) is 1.59. The van der Waals surface area contributed by atoms with E-state index in [1.165, 1.54) is 0 Å². The number of piperidine rings is 1. The van der Waals surface area contributed by atoms with Crippen molar-refractivity contribution in [2.75, 3.05) is 39.1 Å². The molecule has 0 bridgehead atoms. The molecule has 2 heterocycles. The number of halogens is 4. The van der Waals surface area contributed by atoms with E-state index in [0.29, 0.717) is 43.5 Å². The molecule has 2 N–H and O–H groups in total. The third-order valence-electron chi connectivity index (χ3n) is 7.30. The van der Waals surface area contributed by atoms with E-state index in [9.17, 15) is 27.8 Å².